The van der Waals surface area contributed by atoms with E-state index >= 15 is 0 Å². The van der Waals surface area contributed by atoms with Crippen molar-refractivity contribution in [2.24, 2.45) is 0 Å². The summed E-state index contributed by atoms with van der Waals surface area (Å²) in [5.41, 5.74) is -0.214. The lowest BCUT2D eigenvalue weighted by atomic mass is 9.95. The monoisotopic (exact) mass is 200 g/mol. The summed E-state index contributed by atoms with van der Waals surface area (Å²) >= 11 is 0. The maximum atomic E-state index is 13.4. The third kappa shape index (κ3) is 1.48. The average molecular weight is 200 g/mol. The first-order chi connectivity index (χ1) is 6.52. The number of rotatable bonds is 2. The number of nitriles is 1. The minimum absolute atomic E-state index is 0.214. The summed E-state index contributed by atoms with van der Waals surface area (Å²) in [6, 6.07) is 1.61. The van der Waals surface area contributed by atoms with Crippen molar-refractivity contribution in [2.45, 2.75) is 18.4 Å². The van der Waals surface area contributed by atoms with Crippen molar-refractivity contribution >= 4 is 0 Å². The quantitative estimate of drug-likeness (QED) is 0.387. The van der Waals surface area contributed by atoms with E-state index in [0.717, 1.165) is 6.08 Å². The zero-order chi connectivity index (χ0) is 10.8. The molecule has 2 unspecified atom stereocenters. The van der Waals surface area contributed by atoms with Gasteiger partial charge in [-0.3, -0.25) is 10.1 Å². The Labute approximate surface area is 78.3 Å². The lowest BCUT2D eigenvalue weighted by molar-refractivity contribution is -0.597. The lowest BCUT2D eigenvalue weighted by Crippen LogP contribution is -2.43. The first kappa shape index (κ1) is 10.3. The van der Waals surface area contributed by atoms with E-state index < -0.39 is 16.9 Å². The largest absolute Gasteiger partial charge is 0.412 e. The molecular formula is C8H6F2N2O2. The maximum Gasteiger partial charge on any atom is 0.412 e. The fraction of sp³-hybridized carbons (Fsp3) is 0.375. The van der Waals surface area contributed by atoms with Crippen molar-refractivity contribution in [1.82, 2.24) is 0 Å². The van der Waals surface area contributed by atoms with Gasteiger partial charge in [0, 0.05) is 6.08 Å². The van der Waals surface area contributed by atoms with Crippen LogP contribution in [0.15, 0.2) is 23.8 Å². The fourth-order valence-electron chi connectivity index (χ4n) is 1.13. The third-order valence-corrected chi connectivity index (χ3v) is 1.88. The predicted molar refractivity (Wildman–Crippen MR) is 43.2 cm³/mol. The molecule has 0 saturated heterocycles. The summed E-state index contributed by atoms with van der Waals surface area (Å²) < 4.78 is 26.6. The molecule has 4 nitrogen and oxygen atoms in total. The summed E-state index contributed by atoms with van der Waals surface area (Å²) in [6.45, 7) is 0. The number of halogens is 2. The van der Waals surface area contributed by atoms with Crippen molar-refractivity contribution in [3.63, 3.8) is 0 Å². The Morgan fingerprint density at radius 3 is 2.93 bits per heavy atom. The van der Waals surface area contributed by atoms with Crippen molar-refractivity contribution in [3.05, 3.63) is 33.9 Å². The van der Waals surface area contributed by atoms with Gasteiger partial charge in [0.1, 0.15) is 0 Å². The highest BCUT2D eigenvalue weighted by atomic mass is 19.2. The molecule has 14 heavy (non-hydrogen) atoms. The Morgan fingerprint density at radius 2 is 2.43 bits per heavy atom. The molecule has 0 aromatic carbocycles. The van der Waals surface area contributed by atoms with Gasteiger partial charge in [0.25, 0.3) is 0 Å². The maximum absolute atomic E-state index is 13.4. The molecule has 0 aromatic rings. The average Bonchev–Trinajstić information content (AvgIpc) is 2.13. The molecule has 0 bridgehead atoms. The summed E-state index contributed by atoms with van der Waals surface area (Å²) in [5, 5.41) is 18.5. The molecule has 0 N–H and O–H groups in total. The molecule has 1 aliphatic rings. The summed E-state index contributed by atoms with van der Waals surface area (Å²) in [6.07, 6.45) is 0.0202. The van der Waals surface area contributed by atoms with Gasteiger partial charge >= 0.3 is 5.79 Å². The van der Waals surface area contributed by atoms with Crippen LogP contribution in [0.1, 0.15) is 6.42 Å². The molecule has 2 atom stereocenters. The summed E-state index contributed by atoms with van der Waals surface area (Å²) in [5.74, 6) is -3.24. The van der Waals surface area contributed by atoms with E-state index in [4.69, 9.17) is 5.26 Å². The molecule has 0 aromatic heterocycles. The van der Waals surface area contributed by atoms with E-state index in [1.165, 1.54) is 6.08 Å². The normalized spacial score (nSPS) is 30.6. The van der Waals surface area contributed by atoms with Crippen molar-refractivity contribution in [3.8, 4) is 6.07 Å². The number of hydrogen-bond donors (Lipinski definition) is 0. The molecule has 0 amide bonds. The van der Waals surface area contributed by atoms with Gasteiger partial charge in [-0.05, 0) is 5.57 Å². The topological polar surface area (TPSA) is 66.9 Å². The summed E-state index contributed by atoms with van der Waals surface area (Å²) in [4.78, 5) is 8.93. The van der Waals surface area contributed by atoms with Crippen LogP contribution < -0.4 is 0 Å². The van der Waals surface area contributed by atoms with Crippen LogP contribution >= 0.6 is 0 Å². The summed E-state index contributed by atoms with van der Waals surface area (Å²) in [7, 11) is 0. The fourth-order valence-corrected chi connectivity index (χ4v) is 1.13. The first-order valence-electron chi connectivity index (χ1n) is 3.75. The van der Waals surface area contributed by atoms with Crippen LogP contribution in [0.3, 0.4) is 0 Å². The Morgan fingerprint density at radius 1 is 1.79 bits per heavy atom. The number of hydrogen-bond acceptors (Lipinski definition) is 3. The molecule has 0 spiro atoms. The molecule has 0 saturated carbocycles. The van der Waals surface area contributed by atoms with Gasteiger partial charge in [0.2, 0.25) is 6.17 Å². The van der Waals surface area contributed by atoms with Crippen LogP contribution in [0.4, 0.5) is 8.78 Å². The molecule has 0 heterocycles. The molecule has 0 aliphatic heterocycles. The molecule has 74 valence electrons. The highest BCUT2D eigenvalue weighted by Crippen LogP contribution is 2.32. The molecule has 1 aliphatic carbocycles. The van der Waals surface area contributed by atoms with Gasteiger partial charge in [-0.15, -0.1) is 0 Å². The van der Waals surface area contributed by atoms with Gasteiger partial charge in [0.15, 0.2) is 0 Å². The Kier molecular flexibility index (Phi) is 2.60. The second-order valence-corrected chi connectivity index (χ2v) is 2.78. The second-order valence-electron chi connectivity index (χ2n) is 2.78. The van der Waals surface area contributed by atoms with Crippen LogP contribution in [0.2, 0.25) is 0 Å². The minimum Gasteiger partial charge on any atom is -0.261 e. The number of alkyl halides is 2. The zero-order valence-corrected chi connectivity index (χ0v) is 6.98. The first-order valence-corrected chi connectivity index (χ1v) is 3.75. The highest BCUT2D eigenvalue weighted by Gasteiger charge is 2.52. The Balaban J connectivity index is 3.00. The standard InChI is InChI=1S/C8H6F2N2O2/c9-7-6(3-5-11)2-1-4-8(7,10)12(13)14/h1-2,4,7H,3H2. The molecule has 0 radical (unpaired) electrons. The second kappa shape index (κ2) is 3.54. The minimum atomic E-state index is -3.24. The van der Waals surface area contributed by atoms with E-state index in [9.17, 15) is 18.9 Å². The van der Waals surface area contributed by atoms with Crippen molar-refractivity contribution in [1.29, 1.82) is 5.26 Å². The van der Waals surface area contributed by atoms with Crippen LogP contribution in [0, 0.1) is 21.4 Å². The molecule has 0 fully saturated rings. The zero-order valence-electron chi connectivity index (χ0n) is 6.98. The van der Waals surface area contributed by atoms with Gasteiger partial charge in [0.05, 0.1) is 17.4 Å². The molecule has 1 rings (SSSR count). The van der Waals surface area contributed by atoms with E-state index in [1.54, 1.807) is 6.07 Å². The number of allylic oxidation sites excluding steroid dienone is 2. The molecule has 6 heteroatoms. The van der Waals surface area contributed by atoms with E-state index in [1.807, 2.05) is 0 Å². The van der Waals surface area contributed by atoms with Gasteiger partial charge < -0.3 is 0 Å². The van der Waals surface area contributed by atoms with E-state index in [-0.39, 0.29) is 12.0 Å². The van der Waals surface area contributed by atoms with Crippen LogP contribution in [0.25, 0.3) is 0 Å². The van der Waals surface area contributed by atoms with Crippen molar-refractivity contribution in [2.75, 3.05) is 0 Å². The van der Waals surface area contributed by atoms with Gasteiger partial charge in [-0.2, -0.15) is 9.65 Å². The van der Waals surface area contributed by atoms with Crippen LogP contribution in [-0.4, -0.2) is 16.9 Å². The Bertz CT molecular complexity index is 359. The number of nitrogens with zero attached hydrogens (tertiary/aromatic N) is 2. The smallest absolute Gasteiger partial charge is 0.261 e. The van der Waals surface area contributed by atoms with Crippen LogP contribution in [-0.2, 0) is 0 Å². The van der Waals surface area contributed by atoms with Crippen LogP contribution in [0.5, 0.6) is 0 Å². The SMILES string of the molecule is N#CCC1=CC=CC(F)([N+](=O)[O-])C1F. The number of nitro groups is 1. The van der Waals surface area contributed by atoms with Crippen molar-refractivity contribution < 1.29 is 13.7 Å². The van der Waals surface area contributed by atoms with Gasteiger partial charge in [-0.25, -0.2) is 4.39 Å². The third-order valence-electron chi connectivity index (χ3n) is 1.88. The van der Waals surface area contributed by atoms with E-state index in [0.29, 0.717) is 6.08 Å². The highest BCUT2D eigenvalue weighted by molar-refractivity contribution is 5.29. The van der Waals surface area contributed by atoms with E-state index in [2.05, 4.69) is 0 Å². The van der Waals surface area contributed by atoms with Gasteiger partial charge in [-0.1, -0.05) is 12.2 Å². The predicted octanol–water partition coefficient (Wildman–Crippen LogP) is 1.68. The Hall–Kier alpha value is -1.77. The lowest BCUT2D eigenvalue weighted by Gasteiger charge is -2.20. The molecular weight excluding hydrogens is 194 g/mol.